The maximum absolute atomic E-state index is 12.7. The molecule has 0 radical (unpaired) electrons. The van der Waals surface area contributed by atoms with Crippen LogP contribution in [-0.4, -0.2) is 34.5 Å². The van der Waals surface area contributed by atoms with E-state index in [4.69, 9.17) is 0 Å². The Morgan fingerprint density at radius 1 is 1.06 bits per heavy atom. The van der Waals surface area contributed by atoms with Crippen LogP contribution in [0.5, 0.6) is 0 Å². The monoisotopic (exact) mass is 448 g/mol. The SMILES string of the molecule is C=C(c1cc(C)cc(S(=O)C2CNC2)c1)N(C)/C(C)=C(C)\C(C)=C\C.CC.CC.CC. The largest absolute Gasteiger partial charge is 0.348 e. The Kier molecular flexibility index (Phi) is 17.3. The molecule has 1 atom stereocenters. The average Bonchev–Trinajstić information content (AvgIpc) is 2.78. The Hall–Kier alpha value is -1.65. The van der Waals surface area contributed by atoms with E-state index in [1.165, 1.54) is 16.8 Å². The average molecular weight is 449 g/mol. The van der Waals surface area contributed by atoms with Gasteiger partial charge >= 0.3 is 0 Å². The molecule has 1 heterocycles. The van der Waals surface area contributed by atoms with Gasteiger partial charge in [0.2, 0.25) is 0 Å². The summed E-state index contributed by atoms with van der Waals surface area (Å²) in [6, 6.07) is 6.18. The van der Waals surface area contributed by atoms with Crippen molar-refractivity contribution in [1.29, 1.82) is 0 Å². The summed E-state index contributed by atoms with van der Waals surface area (Å²) in [5.74, 6) is 0. The lowest BCUT2D eigenvalue weighted by molar-refractivity contribution is 0.526. The van der Waals surface area contributed by atoms with Crippen LogP contribution in [0.2, 0.25) is 0 Å². The molecule has 1 N–H and O–H groups in total. The molecule has 1 fully saturated rings. The van der Waals surface area contributed by atoms with Crippen molar-refractivity contribution in [2.45, 2.75) is 86.3 Å². The molecule has 0 amide bonds. The van der Waals surface area contributed by atoms with Gasteiger partial charge < -0.3 is 10.2 Å². The number of hydrogen-bond donors (Lipinski definition) is 1. The van der Waals surface area contributed by atoms with Gasteiger partial charge in [-0.05, 0) is 69.5 Å². The summed E-state index contributed by atoms with van der Waals surface area (Å²) in [7, 11) is 1.08. The van der Waals surface area contributed by atoms with Crippen molar-refractivity contribution in [3.8, 4) is 0 Å². The third kappa shape index (κ3) is 9.16. The second kappa shape index (κ2) is 17.0. The maximum Gasteiger partial charge on any atom is 0.0643 e. The molecule has 4 heteroatoms. The second-order valence-electron chi connectivity index (χ2n) is 6.80. The lowest BCUT2D eigenvalue weighted by Crippen LogP contribution is -2.49. The Morgan fingerprint density at radius 2 is 1.58 bits per heavy atom. The van der Waals surface area contributed by atoms with Crippen molar-refractivity contribution in [3.63, 3.8) is 0 Å². The lowest BCUT2D eigenvalue weighted by atomic mass is 10.0. The summed E-state index contributed by atoms with van der Waals surface area (Å²) in [4.78, 5) is 3.02. The normalized spacial score (nSPS) is 14.8. The number of aryl methyl sites for hydroxylation is 1. The van der Waals surface area contributed by atoms with Gasteiger partial charge in [-0.15, -0.1) is 0 Å². The van der Waals surface area contributed by atoms with E-state index in [0.717, 1.165) is 34.8 Å². The molecule has 1 aromatic carbocycles. The Labute approximate surface area is 196 Å². The molecule has 3 nitrogen and oxygen atoms in total. The van der Waals surface area contributed by atoms with E-state index >= 15 is 0 Å². The van der Waals surface area contributed by atoms with Crippen LogP contribution in [0.4, 0.5) is 0 Å². The van der Waals surface area contributed by atoms with Gasteiger partial charge in [-0.25, -0.2) is 0 Å². The summed E-state index contributed by atoms with van der Waals surface area (Å²) in [5.41, 5.74) is 6.76. The molecule has 0 aromatic heterocycles. The van der Waals surface area contributed by atoms with E-state index in [1.54, 1.807) is 0 Å². The van der Waals surface area contributed by atoms with Crippen molar-refractivity contribution in [1.82, 2.24) is 10.2 Å². The molecule has 1 aromatic rings. The fourth-order valence-corrected chi connectivity index (χ4v) is 4.25. The van der Waals surface area contributed by atoms with E-state index in [-0.39, 0.29) is 5.25 Å². The van der Waals surface area contributed by atoms with E-state index in [1.807, 2.05) is 60.7 Å². The smallest absolute Gasteiger partial charge is 0.0643 e. The third-order valence-corrected chi connectivity index (χ3v) is 6.78. The van der Waals surface area contributed by atoms with E-state index in [0.29, 0.717) is 0 Å². The van der Waals surface area contributed by atoms with Gasteiger partial charge in [0, 0.05) is 36.4 Å². The molecule has 1 saturated heterocycles. The van der Waals surface area contributed by atoms with Gasteiger partial charge in [-0.1, -0.05) is 59.8 Å². The highest BCUT2D eigenvalue weighted by Gasteiger charge is 2.25. The molecule has 0 bridgehead atoms. The quantitative estimate of drug-likeness (QED) is 0.463. The fraction of sp³-hybridized carbons (Fsp3) is 0.556. The number of benzene rings is 1. The maximum atomic E-state index is 12.7. The van der Waals surface area contributed by atoms with Crippen molar-refractivity contribution >= 4 is 16.5 Å². The van der Waals surface area contributed by atoms with Crippen LogP contribution in [0, 0.1) is 6.92 Å². The van der Waals surface area contributed by atoms with Crippen molar-refractivity contribution in [3.05, 3.63) is 58.8 Å². The Morgan fingerprint density at radius 3 is 2.00 bits per heavy atom. The molecule has 0 spiro atoms. The van der Waals surface area contributed by atoms with Gasteiger partial charge in [0.1, 0.15) is 0 Å². The summed E-state index contributed by atoms with van der Waals surface area (Å²) in [5, 5.41) is 3.42. The van der Waals surface area contributed by atoms with Crippen LogP contribution in [-0.2, 0) is 10.8 Å². The van der Waals surface area contributed by atoms with E-state index < -0.39 is 10.8 Å². The number of nitrogens with zero attached hydrogens (tertiary/aromatic N) is 1. The standard InChI is InChI=1S/C21H30N2OS.3C2H6/c1-8-15(3)16(4)17(5)23(7)18(6)19-9-14(2)10-20(11-19)25(24)21-12-22-13-21;3*1-2/h8-11,21-22H,6,12-13H2,1-5,7H3;3*1-2H3/b15-8+,17-16-;;;. The first-order chi connectivity index (χ1) is 14.8. The zero-order valence-corrected chi connectivity index (χ0v) is 23.1. The first kappa shape index (κ1) is 31.5. The van der Waals surface area contributed by atoms with Crippen LogP contribution in [0.1, 0.15) is 80.4 Å². The number of rotatable bonds is 6. The highest BCUT2D eigenvalue weighted by Crippen LogP contribution is 2.27. The first-order valence-electron chi connectivity index (χ1n) is 11.7. The molecular formula is C27H48N2OS. The zero-order valence-electron chi connectivity index (χ0n) is 22.3. The Balaban J connectivity index is 0. The topological polar surface area (TPSA) is 32.3 Å². The summed E-state index contributed by atoms with van der Waals surface area (Å²) in [6.45, 7) is 28.4. The van der Waals surface area contributed by atoms with Crippen LogP contribution >= 0.6 is 0 Å². The molecule has 0 saturated carbocycles. The molecule has 1 unspecified atom stereocenters. The van der Waals surface area contributed by atoms with Crippen LogP contribution in [0.15, 0.2) is 52.6 Å². The minimum Gasteiger partial charge on any atom is -0.348 e. The van der Waals surface area contributed by atoms with Gasteiger partial charge in [0.25, 0.3) is 0 Å². The Bertz CT molecular complexity index is 758. The van der Waals surface area contributed by atoms with Crippen LogP contribution in [0.25, 0.3) is 5.70 Å². The minimum absolute atomic E-state index is 0.224. The third-order valence-electron chi connectivity index (χ3n) is 5.14. The number of hydrogen-bond acceptors (Lipinski definition) is 3. The number of allylic oxidation sites excluding steroid dienone is 4. The summed E-state index contributed by atoms with van der Waals surface area (Å²) in [6.07, 6.45) is 2.12. The van der Waals surface area contributed by atoms with Gasteiger partial charge in [-0.3, -0.25) is 4.21 Å². The van der Waals surface area contributed by atoms with Gasteiger partial charge in [-0.2, -0.15) is 0 Å². The number of nitrogens with one attached hydrogen (secondary N) is 1. The molecule has 0 aliphatic carbocycles. The molecule has 1 aliphatic rings. The van der Waals surface area contributed by atoms with Crippen LogP contribution in [0.3, 0.4) is 0 Å². The fourth-order valence-electron chi connectivity index (χ4n) is 2.79. The zero-order chi connectivity index (χ0) is 24.7. The highest BCUT2D eigenvalue weighted by atomic mass is 32.2. The van der Waals surface area contributed by atoms with E-state index in [9.17, 15) is 4.21 Å². The molecule has 178 valence electrons. The lowest BCUT2D eigenvalue weighted by Gasteiger charge is -2.28. The summed E-state index contributed by atoms with van der Waals surface area (Å²) < 4.78 is 12.7. The predicted molar refractivity (Wildman–Crippen MR) is 143 cm³/mol. The van der Waals surface area contributed by atoms with Crippen molar-refractivity contribution in [2.75, 3.05) is 20.1 Å². The molecule has 2 rings (SSSR count). The summed E-state index contributed by atoms with van der Waals surface area (Å²) >= 11 is 0. The minimum atomic E-state index is -0.963. The van der Waals surface area contributed by atoms with Gasteiger partial charge in [0.15, 0.2) is 0 Å². The van der Waals surface area contributed by atoms with Crippen molar-refractivity contribution < 1.29 is 4.21 Å². The van der Waals surface area contributed by atoms with Crippen molar-refractivity contribution in [2.24, 2.45) is 0 Å². The first-order valence-corrected chi connectivity index (χ1v) is 12.9. The molecular weight excluding hydrogens is 400 g/mol. The molecule has 1 aliphatic heterocycles. The predicted octanol–water partition coefficient (Wildman–Crippen LogP) is 7.32. The van der Waals surface area contributed by atoms with Crippen LogP contribution < -0.4 is 5.32 Å². The highest BCUT2D eigenvalue weighted by molar-refractivity contribution is 7.85. The second-order valence-corrected chi connectivity index (χ2v) is 8.53. The van der Waals surface area contributed by atoms with E-state index in [2.05, 4.69) is 63.6 Å². The van der Waals surface area contributed by atoms with Gasteiger partial charge in [0.05, 0.1) is 16.0 Å². The molecule has 31 heavy (non-hydrogen) atoms.